The maximum atomic E-state index is 13.1. The molecule has 1 amide bonds. The number of hydrogen-bond donors (Lipinski definition) is 1. The Bertz CT molecular complexity index is 1080. The normalized spacial score (nSPS) is 16.8. The van der Waals surface area contributed by atoms with Gasteiger partial charge in [-0.3, -0.25) is 9.48 Å². The fraction of sp³-hybridized carbons (Fsp3) is 0.500. The number of carbonyl (C=O) groups is 1. The molecule has 0 saturated carbocycles. The van der Waals surface area contributed by atoms with Gasteiger partial charge in [-0.15, -0.1) is 0 Å². The Labute approximate surface area is 181 Å². The number of carbonyl (C=O) groups excluding carboxylic acids is 1. The molecule has 2 aromatic rings. The summed E-state index contributed by atoms with van der Waals surface area (Å²) in [6.07, 6.45) is 0.146. The summed E-state index contributed by atoms with van der Waals surface area (Å²) in [7, 11) is -3.65. The van der Waals surface area contributed by atoms with E-state index >= 15 is 0 Å². The zero-order chi connectivity index (χ0) is 22.0. The van der Waals surface area contributed by atoms with Crippen molar-refractivity contribution in [3.63, 3.8) is 0 Å². The molecule has 10 nitrogen and oxygen atoms in total. The van der Waals surface area contributed by atoms with Crippen molar-refractivity contribution in [3.05, 3.63) is 29.6 Å². The summed E-state index contributed by atoms with van der Waals surface area (Å²) in [5.74, 6) is 1.04. The highest BCUT2D eigenvalue weighted by atomic mass is 32.2. The summed E-state index contributed by atoms with van der Waals surface area (Å²) in [5, 5.41) is 7.20. The minimum atomic E-state index is -3.65. The molecule has 0 atom stereocenters. The first kappa shape index (κ1) is 21.6. The molecule has 168 valence electrons. The summed E-state index contributed by atoms with van der Waals surface area (Å²) in [6, 6.07) is 5.23. The highest BCUT2D eigenvalue weighted by Gasteiger charge is 2.32. The van der Waals surface area contributed by atoms with Crippen molar-refractivity contribution in [2.45, 2.75) is 31.7 Å². The van der Waals surface area contributed by atoms with E-state index in [9.17, 15) is 13.2 Å². The Morgan fingerprint density at radius 3 is 2.55 bits per heavy atom. The lowest BCUT2D eigenvalue weighted by Gasteiger charge is -2.26. The lowest BCUT2D eigenvalue weighted by Crippen LogP contribution is -2.41. The number of aryl methyl sites for hydroxylation is 2. The minimum Gasteiger partial charge on any atom is -0.486 e. The number of ether oxygens (including phenoxy) is 3. The first-order valence-corrected chi connectivity index (χ1v) is 11.6. The number of nitrogens with zero attached hydrogens (tertiary/aromatic N) is 3. The molecule has 2 aliphatic heterocycles. The van der Waals surface area contributed by atoms with Gasteiger partial charge in [0.15, 0.2) is 11.5 Å². The Hall–Kier alpha value is -2.63. The highest BCUT2D eigenvalue weighted by Crippen LogP contribution is 2.32. The van der Waals surface area contributed by atoms with E-state index in [0.29, 0.717) is 68.1 Å². The number of fused-ring (bicyclic) bond motifs is 1. The Morgan fingerprint density at radius 2 is 1.81 bits per heavy atom. The second kappa shape index (κ2) is 8.85. The third-order valence-electron chi connectivity index (χ3n) is 5.26. The summed E-state index contributed by atoms with van der Waals surface area (Å²) in [6.45, 7) is 6.04. The highest BCUT2D eigenvalue weighted by molar-refractivity contribution is 7.89. The minimum absolute atomic E-state index is 0.146. The van der Waals surface area contributed by atoms with Gasteiger partial charge < -0.3 is 19.5 Å². The summed E-state index contributed by atoms with van der Waals surface area (Å²) in [4.78, 5) is 12.6. The molecule has 0 bridgehead atoms. The van der Waals surface area contributed by atoms with E-state index in [1.807, 2.05) is 0 Å². The van der Waals surface area contributed by atoms with E-state index in [4.69, 9.17) is 14.2 Å². The third-order valence-corrected chi connectivity index (χ3v) is 7.41. The van der Waals surface area contributed by atoms with Crippen LogP contribution in [-0.2, 0) is 26.1 Å². The number of aromatic nitrogens is 2. The molecule has 2 aliphatic rings. The molecule has 31 heavy (non-hydrogen) atoms. The predicted molar refractivity (Wildman–Crippen MR) is 112 cm³/mol. The fourth-order valence-corrected chi connectivity index (χ4v) is 5.52. The van der Waals surface area contributed by atoms with Crippen LogP contribution >= 0.6 is 0 Å². The van der Waals surface area contributed by atoms with Gasteiger partial charge in [-0.1, -0.05) is 0 Å². The van der Waals surface area contributed by atoms with Crippen LogP contribution in [0.5, 0.6) is 11.5 Å². The van der Waals surface area contributed by atoms with Gasteiger partial charge in [0.2, 0.25) is 15.9 Å². The molecule has 11 heteroatoms. The lowest BCUT2D eigenvalue weighted by molar-refractivity contribution is -0.116. The van der Waals surface area contributed by atoms with E-state index in [-0.39, 0.29) is 23.8 Å². The van der Waals surface area contributed by atoms with Gasteiger partial charge in [0.1, 0.15) is 18.1 Å². The van der Waals surface area contributed by atoms with Crippen molar-refractivity contribution < 1.29 is 27.4 Å². The molecule has 0 spiro atoms. The molecular weight excluding hydrogens is 424 g/mol. The van der Waals surface area contributed by atoms with Crippen LogP contribution in [0.1, 0.15) is 17.8 Å². The van der Waals surface area contributed by atoms with Gasteiger partial charge in [0, 0.05) is 31.3 Å². The molecule has 0 unspecified atom stereocenters. The number of amides is 1. The van der Waals surface area contributed by atoms with Crippen molar-refractivity contribution in [3.8, 4) is 11.5 Å². The molecule has 3 heterocycles. The molecule has 1 aromatic carbocycles. The van der Waals surface area contributed by atoms with Gasteiger partial charge in [-0.25, -0.2) is 8.42 Å². The van der Waals surface area contributed by atoms with Gasteiger partial charge >= 0.3 is 0 Å². The van der Waals surface area contributed by atoms with Crippen LogP contribution in [0.4, 0.5) is 5.69 Å². The smallest absolute Gasteiger partial charge is 0.246 e. The van der Waals surface area contributed by atoms with E-state index < -0.39 is 10.0 Å². The molecule has 1 fully saturated rings. The monoisotopic (exact) mass is 450 g/mol. The second-order valence-corrected chi connectivity index (χ2v) is 9.27. The largest absolute Gasteiger partial charge is 0.486 e. The summed E-state index contributed by atoms with van der Waals surface area (Å²) in [5.41, 5.74) is 1.56. The van der Waals surface area contributed by atoms with Crippen LogP contribution in [0.15, 0.2) is 23.1 Å². The van der Waals surface area contributed by atoms with Crippen molar-refractivity contribution in [2.24, 2.45) is 0 Å². The van der Waals surface area contributed by atoms with Gasteiger partial charge in [-0.05, 0) is 26.0 Å². The average Bonchev–Trinajstić information content (AvgIpc) is 3.06. The van der Waals surface area contributed by atoms with Crippen LogP contribution < -0.4 is 14.8 Å². The van der Waals surface area contributed by atoms with Crippen molar-refractivity contribution in [1.82, 2.24) is 14.1 Å². The predicted octanol–water partition coefficient (Wildman–Crippen LogP) is 1.32. The Kier molecular flexibility index (Phi) is 6.17. The zero-order valence-electron chi connectivity index (χ0n) is 17.6. The number of hydrogen-bond acceptors (Lipinski definition) is 7. The van der Waals surface area contributed by atoms with Crippen LogP contribution in [0.25, 0.3) is 0 Å². The Morgan fingerprint density at radius 1 is 1.10 bits per heavy atom. The van der Waals surface area contributed by atoms with E-state index in [0.717, 1.165) is 0 Å². The second-order valence-electron chi connectivity index (χ2n) is 7.40. The van der Waals surface area contributed by atoms with E-state index in [2.05, 4.69) is 10.4 Å². The van der Waals surface area contributed by atoms with Gasteiger partial charge in [0.05, 0.1) is 31.1 Å². The molecule has 4 rings (SSSR count). The van der Waals surface area contributed by atoms with Crippen LogP contribution in [0.3, 0.4) is 0 Å². The first-order valence-electron chi connectivity index (χ1n) is 10.2. The first-order chi connectivity index (χ1) is 14.9. The number of anilines is 1. The number of benzene rings is 1. The number of morpholine rings is 1. The molecule has 0 radical (unpaired) electrons. The summed E-state index contributed by atoms with van der Waals surface area (Å²) >= 11 is 0. The van der Waals surface area contributed by atoms with Crippen molar-refractivity contribution in [1.29, 1.82) is 0 Å². The van der Waals surface area contributed by atoms with Crippen molar-refractivity contribution >= 4 is 21.6 Å². The molecule has 0 aliphatic carbocycles. The van der Waals surface area contributed by atoms with Crippen molar-refractivity contribution in [2.75, 3.05) is 44.8 Å². The van der Waals surface area contributed by atoms with E-state index in [1.165, 1.54) is 4.31 Å². The van der Waals surface area contributed by atoms with E-state index in [1.54, 1.807) is 36.7 Å². The maximum absolute atomic E-state index is 13.1. The topological polar surface area (TPSA) is 112 Å². The maximum Gasteiger partial charge on any atom is 0.246 e. The Balaban J connectivity index is 1.42. The standard InChI is InChI=1S/C20H26N4O6S/c1-14-20(31(26,27)23-7-9-28-10-8-23)15(2)24(22-14)6-5-19(25)21-16-3-4-17-18(13-16)30-12-11-29-17/h3-4,13H,5-12H2,1-2H3,(H,21,25). The quantitative estimate of drug-likeness (QED) is 0.706. The average molecular weight is 451 g/mol. The molecule has 1 N–H and O–H groups in total. The number of rotatable bonds is 6. The summed E-state index contributed by atoms with van der Waals surface area (Å²) < 4.78 is 45.4. The van der Waals surface area contributed by atoms with Crippen LogP contribution in [-0.4, -0.2) is 67.9 Å². The number of nitrogens with one attached hydrogen (secondary N) is 1. The van der Waals surface area contributed by atoms with Gasteiger partial charge in [-0.2, -0.15) is 9.40 Å². The third kappa shape index (κ3) is 4.53. The van der Waals surface area contributed by atoms with Gasteiger partial charge in [0.25, 0.3) is 0 Å². The molecular formula is C20H26N4O6S. The SMILES string of the molecule is Cc1nn(CCC(=O)Nc2ccc3c(c2)OCCO3)c(C)c1S(=O)(=O)N1CCOCC1. The zero-order valence-corrected chi connectivity index (χ0v) is 18.4. The molecule has 1 aromatic heterocycles. The van der Waals surface area contributed by atoms with Crippen LogP contribution in [0.2, 0.25) is 0 Å². The fourth-order valence-electron chi connectivity index (χ4n) is 3.74. The van der Waals surface area contributed by atoms with Crippen LogP contribution in [0, 0.1) is 13.8 Å². The number of sulfonamides is 1. The lowest BCUT2D eigenvalue weighted by atomic mass is 10.2. The molecule has 1 saturated heterocycles.